The average molecular weight is 911 g/mol. The summed E-state index contributed by atoms with van der Waals surface area (Å²) >= 11 is 0. The van der Waals surface area contributed by atoms with E-state index in [0.717, 1.165) is 82.6 Å². The molecule has 1 aromatic carbocycles. The van der Waals surface area contributed by atoms with E-state index in [2.05, 4.69) is 101 Å². The predicted octanol–water partition coefficient (Wildman–Crippen LogP) is 13.1. The Kier molecular flexibility index (Phi) is 14.8. The summed E-state index contributed by atoms with van der Waals surface area (Å²) < 4.78 is 56.9. The fourth-order valence-electron chi connectivity index (χ4n) is 11.5. The molecule has 8 atom stereocenters. The summed E-state index contributed by atoms with van der Waals surface area (Å²) in [6.07, 6.45) is 15.4. The van der Waals surface area contributed by atoms with Gasteiger partial charge in [0.1, 0.15) is 0 Å². The molecule has 7 nitrogen and oxygen atoms in total. The van der Waals surface area contributed by atoms with Crippen molar-refractivity contribution in [1.82, 2.24) is 0 Å². The molecule has 1 saturated heterocycles. The second-order valence-corrected chi connectivity index (χ2v) is 35.3. The molecule has 0 bridgehead atoms. The van der Waals surface area contributed by atoms with Crippen LogP contribution in [0.15, 0.2) is 70.7 Å². The van der Waals surface area contributed by atoms with Crippen molar-refractivity contribution in [2.45, 2.75) is 216 Å². The van der Waals surface area contributed by atoms with Gasteiger partial charge in [-0.25, -0.2) is 8.42 Å². The van der Waals surface area contributed by atoms with Crippen LogP contribution in [0.1, 0.15) is 146 Å². The molecule has 62 heavy (non-hydrogen) atoms. The summed E-state index contributed by atoms with van der Waals surface area (Å²) in [6, 6.07) is 8.82. The Hall–Kier alpha value is -1.38. The second kappa shape index (κ2) is 18.4. The highest BCUT2D eigenvalue weighted by atomic mass is 32.2. The van der Waals surface area contributed by atoms with E-state index in [1.54, 1.807) is 24.3 Å². The quantitative estimate of drug-likeness (QED) is 0.165. The van der Waals surface area contributed by atoms with Crippen molar-refractivity contribution in [3.8, 4) is 0 Å². The van der Waals surface area contributed by atoms with E-state index in [1.165, 1.54) is 11.1 Å². The van der Waals surface area contributed by atoms with Gasteiger partial charge in [0, 0.05) is 18.3 Å². The van der Waals surface area contributed by atoms with Crippen LogP contribution in [0, 0.1) is 28.6 Å². The monoisotopic (exact) mass is 911 g/mol. The van der Waals surface area contributed by atoms with Gasteiger partial charge in [-0.2, -0.15) is 0 Å². The fraction of sp³-hybridized carbons (Fsp3) is 0.769. The molecule has 2 unspecified atom stereocenters. The molecule has 1 aliphatic heterocycles. The Morgan fingerprint density at radius 1 is 0.935 bits per heavy atom. The number of aliphatic hydroxyl groups is 1. The van der Waals surface area contributed by atoms with Gasteiger partial charge in [-0.3, -0.25) is 0 Å². The maximum absolute atomic E-state index is 14.8. The first-order valence-corrected chi connectivity index (χ1v) is 31.8. The molecule has 0 radical (unpaired) electrons. The smallest absolute Gasteiger partial charge is 0.192 e. The zero-order valence-electron chi connectivity index (χ0n) is 41.2. The molecule has 0 spiro atoms. The van der Waals surface area contributed by atoms with E-state index >= 15 is 0 Å². The van der Waals surface area contributed by atoms with E-state index in [4.69, 9.17) is 24.9 Å². The predicted molar refractivity (Wildman–Crippen MR) is 260 cm³/mol. The molecule has 5 aliphatic rings. The van der Waals surface area contributed by atoms with Gasteiger partial charge >= 0.3 is 0 Å². The van der Waals surface area contributed by atoms with Gasteiger partial charge in [-0.05, 0) is 147 Å². The van der Waals surface area contributed by atoms with Crippen LogP contribution in [0.25, 0.3) is 0 Å². The number of fused-ring (bicyclic) bond motifs is 1. The summed E-state index contributed by atoms with van der Waals surface area (Å²) in [7, 11) is -8.00. The van der Waals surface area contributed by atoms with Crippen LogP contribution in [0.3, 0.4) is 0 Å². The van der Waals surface area contributed by atoms with Gasteiger partial charge in [0.2, 0.25) is 0 Å². The molecule has 1 N–H and O–H groups in total. The molecule has 4 aliphatic carbocycles. The standard InChI is InChI=1S/C52H86O7SSi2/c1-15-16-29-52(56-32-33-57-52)51(30-31-51)36-46(60(54,55)42-22-18-17-19-23-42)47(53)38(3)43-26-27-44-39(21-20-28-50(43,44)10)24-25-40-34-41(58-61(11,12)48(4,5)6)35-45(37(40)2)59-62(13,14)49(7,8)9/h17-19,22-25,38,41,43-47,53H,2,15-16,20-21,26-36H2,1,3-14H3/b39-24+,40-25-/t38-,41+,43+,44-,45-,46?,47?,50+/m0/s1. The summed E-state index contributed by atoms with van der Waals surface area (Å²) in [5.74, 6) is -0.432. The fourth-order valence-corrected chi connectivity index (χ4v) is 16.2. The third-order valence-electron chi connectivity index (χ3n) is 17.7. The third-order valence-corrected chi connectivity index (χ3v) is 28.9. The van der Waals surface area contributed by atoms with Crippen molar-refractivity contribution in [2.24, 2.45) is 28.6 Å². The molecular formula is C52H86O7SSi2. The van der Waals surface area contributed by atoms with Crippen LogP contribution in [-0.2, 0) is 28.2 Å². The summed E-state index contributed by atoms with van der Waals surface area (Å²) in [5.41, 5.74) is 3.36. The molecule has 0 aromatic heterocycles. The summed E-state index contributed by atoms with van der Waals surface area (Å²) in [5, 5.41) is 11.9. The number of benzene rings is 1. The Bertz CT molecular complexity index is 1900. The van der Waals surface area contributed by atoms with E-state index in [-0.39, 0.29) is 44.4 Å². The van der Waals surface area contributed by atoms with Gasteiger partial charge < -0.3 is 23.4 Å². The largest absolute Gasteiger partial charge is 0.413 e. The van der Waals surface area contributed by atoms with Crippen LogP contribution in [0.5, 0.6) is 0 Å². The maximum Gasteiger partial charge on any atom is 0.192 e. The normalized spacial score (nSPS) is 31.0. The first-order chi connectivity index (χ1) is 28.7. The number of aliphatic hydroxyl groups excluding tert-OH is 1. The Balaban J connectivity index is 1.28. The lowest BCUT2D eigenvalue weighted by molar-refractivity contribution is -0.214. The van der Waals surface area contributed by atoms with Crippen molar-refractivity contribution in [1.29, 1.82) is 0 Å². The van der Waals surface area contributed by atoms with Crippen LogP contribution in [0.4, 0.5) is 0 Å². The number of hydrogen-bond donors (Lipinski definition) is 1. The first-order valence-electron chi connectivity index (χ1n) is 24.4. The highest BCUT2D eigenvalue weighted by molar-refractivity contribution is 7.92. The van der Waals surface area contributed by atoms with E-state index in [0.29, 0.717) is 25.6 Å². The maximum atomic E-state index is 14.8. The van der Waals surface area contributed by atoms with Gasteiger partial charge in [0.15, 0.2) is 32.3 Å². The van der Waals surface area contributed by atoms with Gasteiger partial charge in [-0.1, -0.05) is 111 Å². The van der Waals surface area contributed by atoms with Crippen LogP contribution < -0.4 is 0 Å². The van der Waals surface area contributed by atoms with Crippen molar-refractivity contribution >= 4 is 26.5 Å². The van der Waals surface area contributed by atoms with E-state index in [9.17, 15) is 13.5 Å². The number of sulfone groups is 1. The Morgan fingerprint density at radius 3 is 2.13 bits per heavy atom. The minimum atomic E-state index is -3.88. The zero-order valence-corrected chi connectivity index (χ0v) is 44.0. The molecule has 4 saturated carbocycles. The lowest BCUT2D eigenvalue weighted by Gasteiger charge is -2.46. The molecule has 10 heteroatoms. The van der Waals surface area contributed by atoms with Gasteiger partial charge in [0.25, 0.3) is 0 Å². The molecule has 1 aromatic rings. The lowest BCUT2D eigenvalue weighted by Crippen LogP contribution is -2.49. The first kappa shape index (κ1) is 50.0. The molecular weight excluding hydrogens is 825 g/mol. The second-order valence-electron chi connectivity index (χ2n) is 23.6. The van der Waals surface area contributed by atoms with Crippen LogP contribution >= 0.6 is 0 Å². The number of ether oxygens (including phenoxy) is 2. The number of hydrogen-bond acceptors (Lipinski definition) is 7. The molecule has 1 heterocycles. The van der Waals surface area contributed by atoms with Crippen molar-refractivity contribution in [3.05, 3.63) is 65.8 Å². The molecule has 6 rings (SSSR count). The lowest BCUT2D eigenvalue weighted by atomic mass is 9.60. The third kappa shape index (κ3) is 9.84. The van der Waals surface area contributed by atoms with Crippen molar-refractivity contribution in [2.75, 3.05) is 13.2 Å². The zero-order chi connectivity index (χ0) is 45.7. The molecule has 350 valence electrons. The number of allylic oxidation sites excluding steroid dienone is 3. The SMILES string of the molecule is C=C1/C(=C\C=C2/CCC[C@]3(C)[C@@H]([C@H](C)C(O)C(CC4(C5(CCCC)OCCO5)CC4)S(=O)(=O)c4ccccc4)CC[C@@H]23)C[C@@H](O[Si](C)(C)C(C)(C)C)C[C@@H]1O[Si](C)(C)C(C)(C)C. The highest BCUT2D eigenvalue weighted by Gasteiger charge is 2.65. The Morgan fingerprint density at radius 2 is 1.55 bits per heavy atom. The highest BCUT2D eigenvalue weighted by Crippen LogP contribution is 2.64. The van der Waals surface area contributed by atoms with Crippen LogP contribution in [0.2, 0.25) is 36.3 Å². The van der Waals surface area contributed by atoms with Crippen molar-refractivity contribution < 1.29 is 31.9 Å². The summed E-state index contributed by atoms with van der Waals surface area (Å²) in [6.45, 7) is 35.8. The van der Waals surface area contributed by atoms with Crippen LogP contribution in [-0.4, -0.2) is 72.7 Å². The Labute approximate surface area is 380 Å². The van der Waals surface area contributed by atoms with Gasteiger partial charge in [-0.15, -0.1) is 0 Å². The minimum Gasteiger partial charge on any atom is -0.413 e. The number of unbranched alkanes of at least 4 members (excludes halogenated alkanes) is 1. The number of rotatable bonds is 16. The topological polar surface area (TPSA) is 91.3 Å². The molecule has 5 fully saturated rings. The molecule has 0 amide bonds. The summed E-state index contributed by atoms with van der Waals surface area (Å²) in [4.78, 5) is 0.285. The average Bonchev–Trinajstić information content (AvgIpc) is 3.67. The van der Waals surface area contributed by atoms with Crippen molar-refractivity contribution in [3.63, 3.8) is 0 Å². The van der Waals surface area contributed by atoms with E-state index < -0.39 is 49.0 Å². The van der Waals surface area contributed by atoms with Gasteiger partial charge in [0.05, 0.1) is 41.7 Å². The minimum absolute atomic E-state index is 0.0487. The van der Waals surface area contributed by atoms with E-state index in [1.807, 2.05) is 6.07 Å².